The molecule has 0 aromatic heterocycles. The third kappa shape index (κ3) is 1.67. The minimum absolute atomic E-state index is 0.392. The normalized spacial score (nSPS) is 36.1. The molecule has 1 fully saturated rings. The van der Waals surface area contributed by atoms with Gasteiger partial charge in [0.1, 0.15) is 0 Å². The molecule has 0 N–H and O–H groups in total. The van der Waals surface area contributed by atoms with Gasteiger partial charge in [0.25, 0.3) is 0 Å². The van der Waals surface area contributed by atoms with Crippen LogP contribution in [0.25, 0.3) is 0 Å². The van der Waals surface area contributed by atoms with Crippen LogP contribution in [0.15, 0.2) is 0 Å². The fourth-order valence-electron chi connectivity index (χ4n) is 1.00. The molecule has 0 aromatic carbocycles. The van der Waals surface area contributed by atoms with Gasteiger partial charge >= 0.3 is 60.9 Å². The zero-order valence-corrected chi connectivity index (χ0v) is 7.88. The predicted molar refractivity (Wildman–Crippen MR) is 22.5 cm³/mol. The Balaban J connectivity index is 2.32. The summed E-state index contributed by atoms with van der Waals surface area (Å²) >= 11 is 1.02. The van der Waals surface area contributed by atoms with Gasteiger partial charge < -0.3 is 0 Å². The van der Waals surface area contributed by atoms with Crippen LogP contribution >= 0.6 is 0 Å². The zero-order chi connectivity index (χ0) is 7.07. The van der Waals surface area contributed by atoms with Crippen LogP contribution < -0.4 is 0 Å². The van der Waals surface area contributed by atoms with E-state index in [1.54, 1.807) is 0 Å². The van der Waals surface area contributed by atoms with E-state index in [4.69, 9.17) is 0 Å². The van der Waals surface area contributed by atoms with Gasteiger partial charge in [0.05, 0.1) is 0 Å². The van der Waals surface area contributed by atoms with E-state index in [2.05, 4.69) is 0 Å². The SMILES string of the molecule is FC(F)(F)C1C[CH]([Zn])C1. The fourth-order valence-corrected chi connectivity index (χ4v) is 2.69. The summed E-state index contributed by atoms with van der Waals surface area (Å²) in [6.07, 6.45) is -3.12. The second-order valence-electron chi connectivity index (χ2n) is 2.58. The zero-order valence-electron chi connectivity index (χ0n) is 4.91. The first kappa shape index (κ1) is 7.52. The van der Waals surface area contributed by atoms with Crippen LogP contribution in [-0.2, 0) is 18.3 Å². The molecule has 0 aromatic rings. The summed E-state index contributed by atoms with van der Waals surface area (Å²) in [5.74, 6) is -0.962. The average Bonchev–Trinajstić information content (AvgIpc) is 1.55. The molecule has 0 saturated heterocycles. The van der Waals surface area contributed by atoms with E-state index in [0.717, 1.165) is 18.3 Å². The maximum atomic E-state index is 11.7. The molecule has 0 amide bonds. The standard InChI is InChI=1S/C5H6F3.Zn/c6-5(7,8)4-2-1-3-4;/h1,4H,2-3H2;. The quantitative estimate of drug-likeness (QED) is 0.512. The number of alkyl halides is 3. The van der Waals surface area contributed by atoms with Gasteiger partial charge in [-0.1, -0.05) is 0 Å². The van der Waals surface area contributed by atoms with Crippen LogP contribution in [0.5, 0.6) is 0 Å². The van der Waals surface area contributed by atoms with Crippen molar-refractivity contribution in [2.45, 2.75) is 23.5 Å². The van der Waals surface area contributed by atoms with Gasteiger partial charge in [-0.05, 0) is 0 Å². The second kappa shape index (κ2) is 2.23. The molecule has 0 bridgehead atoms. The Bertz CT molecular complexity index is 103. The Kier molecular flexibility index (Phi) is 1.86. The Morgan fingerprint density at radius 1 is 1.22 bits per heavy atom. The van der Waals surface area contributed by atoms with Gasteiger partial charge in [0.2, 0.25) is 0 Å². The minimum atomic E-state index is -3.90. The Morgan fingerprint density at radius 3 is 1.78 bits per heavy atom. The van der Waals surface area contributed by atoms with Crippen molar-refractivity contribution in [3.05, 3.63) is 0 Å². The van der Waals surface area contributed by atoms with Crippen LogP contribution in [0.2, 0.25) is 4.51 Å². The summed E-state index contributed by atoms with van der Waals surface area (Å²) in [5, 5.41) is 0. The van der Waals surface area contributed by atoms with Crippen molar-refractivity contribution in [1.82, 2.24) is 0 Å². The predicted octanol–water partition coefficient (Wildman–Crippen LogP) is 2.29. The van der Waals surface area contributed by atoms with E-state index >= 15 is 0 Å². The number of hydrogen-bond donors (Lipinski definition) is 0. The molecular weight excluding hydrogens is 182 g/mol. The third-order valence-electron chi connectivity index (χ3n) is 1.70. The van der Waals surface area contributed by atoms with E-state index in [-0.39, 0.29) is 0 Å². The Labute approximate surface area is 61.5 Å². The number of halogens is 3. The molecule has 1 aliphatic rings. The van der Waals surface area contributed by atoms with Gasteiger partial charge in [0, 0.05) is 0 Å². The van der Waals surface area contributed by atoms with Gasteiger partial charge in [-0.15, -0.1) is 0 Å². The van der Waals surface area contributed by atoms with Crippen molar-refractivity contribution in [2.75, 3.05) is 0 Å². The molecule has 1 aliphatic carbocycles. The molecule has 0 unspecified atom stereocenters. The molecule has 9 heavy (non-hydrogen) atoms. The van der Waals surface area contributed by atoms with Gasteiger partial charge in [-0.25, -0.2) is 0 Å². The summed E-state index contributed by atoms with van der Waals surface area (Å²) in [4.78, 5) is 0. The van der Waals surface area contributed by atoms with Crippen molar-refractivity contribution >= 4 is 0 Å². The first-order valence-electron chi connectivity index (χ1n) is 2.90. The average molecular weight is 188 g/mol. The number of rotatable bonds is 0. The summed E-state index contributed by atoms with van der Waals surface area (Å²) in [7, 11) is 0. The Hall–Kier alpha value is 0.413. The van der Waals surface area contributed by atoms with E-state index < -0.39 is 12.1 Å². The van der Waals surface area contributed by atoms with Crippen molar-refractivity contribution in [3.8, 4) is 0 Å². The molecule has 1 rings (SSSR count). The van der Waals surface area contributed by atoms with Crippen molar-refractivity contribution in [1.29, 1.82) is 0 Å². The van der Waals surface area contributed by atoms with Crippen molar-refractivity contribution in [3.63, 3.8) is 0 Å². The molecule has 0 spiro atoms. The van der Waals surface area contributed by atoms with Crippen LogP contribution in [0.3, 0.4) is 0 Å². The van der Waals surface area contributed by atoms with Gasteiger partial charge in [-0.2, -0.15) is 0 Å². The summed E-state index contributed by atoms with van der Waals surface area (Å²) < 4.78 is 35.5. The molecule has 0 heterocycles. The molecule has 1 saturated carbocycles. The van der Waals surface area contributed by atoms with Crippen molar-refractivity contribution < 1.29 is 31.5 Å². The topological polar surface area (TPSA) is 0 Å². The first-order valence-corrected chi connectivity index (χ1v) is 4.61. The van der Waals surface area contributed by atoms with Crippen LogP contribution in [0, 0.1) is 5.92 Å². The van der Waals surface area contributed by atoms with Crippen LogP contribution in [0.4, 0.5) is 13.2 Å². The first-order chi connectivity index (χ1) is 4.00. The fraction of sp³-hybridized carbons (Fsp3) is 1.00. The summed E-state index contributed by atoms with van der Waals surface area (Å²) in [5.41, 5.74) is 0. The molecule has 49 valence electrons. The van der Waals surface area contributed by atoms with E-state index in [0.29, 0.717) is 17.4 Å². The molecule has 0 radical (unpaired) electrons. The Morgan fingerprint density at radius 2 is 1.67 bits per heavy atom. The monoisotopic (exact) mass is 187 g/mol. The molecular formula is C5H6F3Zn. The molecule has 4 heteroatoms. The van der Waals surface area contributed by atoms with Crippen LogP contribution in [-0.4, -0.2) is 6.18 Å². The van der Waals surface area contributed by atoms with E-state index in [1.165, 1.54) is 0 Å². The molecule has 0 atom stereocenters. The maximum absolute atomic E-state index is 11.7. The van der Waals surface area contributed by atoms with E-state index in [1.807, 2.05) is 0 Å². The number of hydrogen-bond acceptors (Lipinski definition) is 0. The van der Waals surface area contributed by atoms with E-state index in [9.17, 15) is 13.2 Å². The summed E-state index contributed by atoms with van der Waals surface area (Å²) in [6.45, 7) is 0. The molecule has 0 aliphatic heterocycles. The van der Waals surface area contributed by atoms with Gasteiger partial charge in [0.15, 0.2) is 0 Å². The molecule has 0 nitrogen and oxygen atoms in total. The third-order valence-corrected chi connectivity index (χ3v) is 3.10. The van der Waals surface area contributed by atoms with Crippen molar-refractivity contribution in [2.24, 2.45) is 5.92 Å². The summed E-state index contributed by atoms with van der Waals surface area (Å²) in [6, 6.07) is 0. The second-order valence-corrected chi connectivity index (χ2v) is 5.00. The van der Waals surface area contributed by atoms with Gasteiger partial charge in [-0.3, -0.25) is 0 Å². The van der Waals surface area contributed by atoms with Crippen LogP contribution in [0.1, 0.15) is 12.8 Å².